The fourth-order valence-corrected chi connectivity index (χ4v) is 4.50. The zero-order valence-corrected chi connectivity index (χ0v) is 17.9. The number of unbranched alkanes of at least 4 members (excludes halogenated alkanes) is 2. The summed E-state index contributed by atoms with van der Waals surface area (Å²) in [5, 5.41) is 0.633. The molecule has 0 amide bonds. The third-order valence-electron chi connectivity index (χ3n) is 5.95. The molecule has 1 aromatic carbocycles. The van der Waals surface area contributed by atoms with Crippen molar-refractivity contribution < 1.29 is 9.47 Å². The number of rotatable bonds is 10. The van der Waals surface area contributed by atoms with Crippen molar-refractivity contribution in [3.63, 3.8) is 0 Å². The molecule has 1 atom stereocenters. The van der Waals surface area contributed by atoms with Crippen molar-refractivity contribution >= 4 is 11.6 Å². The lowest BCUT2D eigenvalue weighted by atomic mass is 9.78. The van der Waals surface area contributed by atoms with E-state index in [1.165, 1.54) is 44.9 Å². The zero-order chi connectivity index (χ0) is 19.8. The van der Waals surface area contributed by atoms with Gasteiger partial charge in [0.15, 0.2) is 0 Å². The third-order valence-corrected chi connectivity index (χ3v) is 6.25. The summed E-state index contributed by atoms with van der Waals surface area (Å²) < 4.78 is 13.9. The first kappa shape index (κ1) is 21.0. The molecule has 1 aromatic heterocycles. The first-order valence-electron chi connectivity index (χ1n) is 10.7. The molecule has 0 aliphatic heterocycles. The normalized spacial score (nSPS) is 20.7. The molecule has 0 saturated heterocycles. The minimum Gasteiger partial charge on any atom is -0.497 e. The highest BCUT2D eigenvalue weighted by molar-refractivity contribution is 6.32. The van der Waals surface area contributed by atoms with E-state index in [0.717, 1.165) is 30.4 Å². The number of methoxy groups -OCH3 is 1. The maximum Gasteiger partial charge on any atom is 0.138 e. The van der Waals surface area contributed by atoms with Crippen molar-refractivity contribution in [1.29, 1.82) is 0 Å². The van der Waals surface area contributed by atoms with Crippen LogP contribution < -0.4 is 9.47 Å². The van der Waals surface area contributed by atoms with Crippen molar-refractivity contribution in [2.24, 2.45) is 11.8 Å². The van der Waals surface area contributed by atoms with Crippen LogP contribution in [0.2, 0.25) is 5.02 Å². The molecule has 1 aliphatic carbocycles. The molecule has 1 saturated carbocycles. The second kappa shape index (κ2) is 10.8. The molecule has 0 spiro atoms. The Labute approximate surface area is 174 Å². The van der Waals surface area contributed by atoms with Gasteiger partial charge in [0.05, 0.1) is 18.5 Å². The highest BCUT2D eigenvalue weighted by atomic mass is 35.5. The Kier molecular flexibility index (Phi) is 8.08. The van der Waals surface area contributed by atoms with Crippen LogP contribution in [-0.4, -0.2) is 22.8 Å². The van der Waals surface area contributed by atoms with Crippen LogP contribution in [0, 0.1) is 11.8 Å². The Morgan fingerprint density at radius 2 is 2.04 bits per heavy atom. The maximum atomic E-state index is 6.47. The van der Waals surface area contributed by atoms with E-state index < -0.39 is 0 Å². The molecule has 0 radical (unpaired) electrons. The SMILES string of the molecule is CCCCCC(Oc1ccc(OC)cc1Cl)C1CCC(Cn2ccnc2)CC1. The van der Waals surface area contributed by atoms with E-state index >= 15 is 0 Å². The fourth-order valence-electron chi connectivity index (χ4n) is 4.29. The highest BCUT2D eigenvalue weighted by Gasteiger charge is 2.29. The van der Waals surface area contributed by atoms with Gasteiger partial charge in [-0.25, -0.2) is 4.98 Å². The number of hydrogen-bond acceptors (Lipinski definition) is 3. The lowest BCUT2D eigenvalue weighted by Crippen LogP contribution is -2.31. The molecule has 3 rings (SSSR count). The molecule has 0 N–H and O–H groups in total. The summed E-state index contributed by atoms with van der Waals surface area (Å²) in [5.41, 5.74) is 0. The molecule has 154 valence electrons. The van der Waals surface area contributed by atoms with Crippen molar-refractivity contribution in [3.8, 4) is 11.5 Å². The Hall–Kier alpha value is -1.68. The van der Waals surface area contributed by atoms with E-state index in [0.29, 0.717) is 10.9 Å². The van der Waals surface area contributed by atoms with E-state index in [1.807, 2.05) is 30.7 Å². The summed E-state index contributed by atoms with van der Waals surface area (Å²) in [5.74, 6) is 2.89. The molecule has 5 heteroatoms. The van der Waals surface area contributed by atoms with Gasteiger partial charge in [0, 0.05) is 25.0 Å². The van der Waals surface area contributed by atoms with E-state index in [4.69, 9.17) is 21.1 Å². The topological polar surface area (TPSA) is 36.3 Å². The van der Waals surface area contributed by atoms with Crippen LogP contribution in [0.3, 0.4) is 0 Å². The van der Waals surface area contributed by atoms with Crippen LogP contribution in [0.25, 0.3) is 0 Å². The number of aromatic nitrogens is 2. The monoisotopic (exact) mass is 404 g/mol. The smallest absolute Gasteiger partial charge is 0.138 e. The number of hydrogen-bond donors (Lipinski definition) is 0. The van der Waals surface area contributed by atoms with Crippen molar-refractivity contribution in [2.45, 2.75) is 70.9 Å². The van der Waals surface area contributed by atoms with Crippen LogP contribution >= 0.6 is 11.6 Å². The van der Waals surface area contributed by atoms with Gasteiger partial charge >= 0.3 is 0 Å². The molecular weight excluding hydrogens is 372 g/mol. The largest absolute Gasteiger partial charge is 0.497 e. The number of halogens is 1. The Morgan fingerprint density at radius 3 is 2.68 bits per heavy atom. The van der Waals surface area contributed by atoms with Gasteiger partial charge in [0.1, 0.15) is 17.6 Å². The van der Waals surface area contributed by atoms with Crippen LogP contribution in [0.1, 0.15) is 58.3 Å². The Morgan fingerprint density at radius 1 is 1.21 bits per heavy atom. The average molecular weight is 405 g/mol. The number of ether oxygens (including phenoxy) is 2. The summed E-state index contributed by atoms with van der Waals surface area (Å²) in [7, 11) is 1.65. The summed E-state index contributed by atoms with van der Waals surface area (Å²) >= 11 is 6.44. The second-order valence-electron chi connectivity index (χ2n) is 7.99. The minimum absolute atomic E-state index is 0.242. The van der Waals surface area contributed by atoms with E-state index in [1.54, 1.807) is 7.11 Å². The van der Waals surface area contributed by atoms with Gasteiger partial charge in [0.2, 0.25) is 0 Å². The summed E-state index contributed by atoms with van der Waals surface area (Å²) in [6, 6.07) is 5.70. The van der Waals surface area contributed by atoms with Gasteiger partial charge < -0.3 is 14.0 Å². The Bertz CT molecular complexity index is 697. The number of benzene rings is 1. The first-order valence-corrected chi connectivity index (χ1v) is 11.0. The molecule has 2 aromatic rings. The van der Waals surface area contributed by atoms with Gasteiger partial charge in [-0.05, 0) is 62.5 Å². The van der Waals surface area contributed by atoms with Crippen LogP contribution in [0.5, 0.6) is 11.5 Å². The molecule has 1 heterocycles. The van der Waals surface area contributed by atoms with E-state index in [-0.39, 0.29) is 6.10 Å². The van der Waals surface area contributed by atoms with Gasteiger partial charge in [-0.1, -0.05) is 31.4 Å². The molecule has 1 fully saturated rings. The van der Waals surface area contributed by atoms with E-state index in [2.05, 4.69) is 22.7 Å². The average Bonchev–Trinajstić information content (AvgIpc) is 3.22. The molecule has 1 unspecified atom stereocenters. The van der Waals surface area contributed by atoms with Gasteiger partial charge in [-0.2, -0.15) is 0 Å². The van der Waals surface area contributed by atoms with Crippen molar-refractivity contribution in [3.05, 3.63) is 41.9 Å². The predicted molar refractivity (Wildman–Crippen MR) is 114 cm³/mol. The van der Waals surface area contributed by atoms with Crippen LogP contribution in [0.15, 0.2) is 36.9 Å². The molecule has 0 bridgehead atoms. The van der Waals surface area contributed by atoms with Gasteiger partial charge in [-0.15, -0.1) is 0 Å². The van der Waals surface area contributed by atoms with Gasteiger partial charge in [-0.3, -0.25) is 0 Å². The van der Waals surface area contributed by atoms with Crippen LogP contribution in [-0.2, 0) is 6.54 Å². The zero-order valence-electron chi connectivity index (χ0n) is 17.1. The van der Waals surface area contributed by atoms with Crippen molar-refractivity contribution in [2.75, 3.05) is 7.11 Å². The summed E-state index contributed by atoms with van der Waals surface area (Å²) in [6.07, 6.45) is 15.9. The first-order chi connectivity index (χ1) is 13.7. The van der Waals surface area contributed by atoms with Crippen molar-refractivity contribution in [1.82, 2.24) is 9.55 Å². The fraction of sp³-hybridized carbons (Fsp3) is 0.609. The number of imidazole rings is 1. The van der Waals surface area contributed by atoms with E-state index in [9.17, 15) is 0 Å². The van der Waals surface area contributed by atoms with Gasteiger partial charge in [0.25, 0.3) is 0 Å². The molecular formula is C23H33ClN2O2. The highest BCUT2D eigenvalue weighted by Crippen LogP contribution is 2.37. The van der Waals surface area contributed by atoms with Crippen LogP contribution in [0.4, 0.5) is 0 Å². The molecule has 1 aliphatic rings. The second-order valence-corrected chi connectivity index (χ2v) is 8.40. The predicted octanol–water partition coefficient (Wildman–Crippen LogP) is 6.38. The molecule has 28 heavy (non-hydrogen) atoms. The Balaban J connectivity index is 1.60. The lowest BCUT2D eigenvalue weighted by molar-refractivity contribution is 0.0826. The minimum atomic E-state index is 0.242. The molecule has 4 nitrogen and oxygen atoms in total. The number of nitrogens with zero attached hydrogens (tertiary/aromatic N) is 2. The lowest BCUT2D eigenvalue weighted by Gasteiger charge is -2.34. The third kappa shape index (κ3) is 5.91. The summed E-state index contributed by atoms with van der Waals surface area (Å²) in [4.78, 5) is 4.16. The summed E-state index contributed by atoms with van der Waals surface area (Å²) in [6.45, 7) is 3.33. The standard InChI is InChI=1S/C23H33ClN2O2/c1-3-4-5-6-22(28-23-12-11-20(27-2)15-21(23)24)19-9-7-18(8-10-19)16-26-14-13-25-17-26/h11-15,17-19,22H,3-10,16H2,1-2H3. The maximum absolute atomic E-state index is 6.47. The quantitative estimate of drug-likeness (QED) is 0.431.